The molecule has 1 heterocycles. The van der Waals surface area contributed by atoms with Crippen LogP contribution in [0.3, 0.4) is 0 Å². The summed E-state index contributed by atoms with van der Waals surface area (Å²) in [6, 6.07) is 9.98. The maximum Gasteiger partial charge on any atom is 0.0787 e. The highest BCUT2D eigenvalue weighted by molar-refractivity contribution is 9.10. The van der Waals surface area contributed by atoms with Crippen LogP contribution in [0.4, 0.5) is 0 Å². The van der Waals surface area contributed by atoms with Crippen LogP contribution >= 0.6 is 15.9 Å². The molecule has 0 aliphatic heterocycles. The maximum absolute atomic E-state index is 5.48. The van der Waals surface area contributed by atoms with Crippen molar-refractivity contribution in [3.8, 4) is 5.69 Å². The van der Waals surface area contributed by atoms with E-state index in [0.29, 0.717) is 6.54 Å². The van der Waals surface area contributed by atoms with Crippen LogP contribution in [0, 0.1) is 0 Å². The number of para-hydroxylation sites is 1. The van der Waals surface area contributed by atoms with E-state index in [0.717, 1.165) is 22.3 Å². The zero-order chi connectivity index (χ0) is 10.7. The van der Waals surface area contributed by atoms with Crippen LogP contribution in [0.15, 0.2) is 41.0 Å². The Morgan fingerprint density at radius 1 is 1.27 bits per heavy atom. The van der Waals surface area contributed by atoms with Crippen molar-refractivity contribution >= 4 is 15.9 Å². The van der Waals surface area contributed by atoms with Crippen LogP contribution in [0.5, 0.6) is 0 Å². The average Bonchev–Trinajstić information content (AvgIpc) is 2.68. The fourth-order valence-electron chi connectivity index (χ4n) is 1.41. The Balaban J connectivity index is 2.33. The number of hydrogen-bond acceptors (Lipinski definition) is 2. The minimum atomic E-state index is 0.632. The molecule has 0 aliphatic carbocycles. The number of nitrogens with two attached hydrogens (primary N) is 1. The van der Waals surface area contributed by atoms with Gasteiger partial charge in [-0.15, -0.1) is 0 Å². The quantitative estimate of drug-likeness (QED) is 0.924. The van der Waals surface area contributed by atoms with Crippen molar-refractivity contribution in [3.63, 3.8) is 0 Å². The Hall–Kier alpha value is -1.13. The van der Waals surface area contributed by atoms with Gasteiger partial charge in [-0.1, -0.05) is 12.1 Å². The van der Waals surface area contributed by atoms with Crippen molar-refractivity contribution in [2.75, 3.05) is 6.54 Å². The summed E-state index contributed by atoms with van der Waals surface area (Å²) < 4.78 is 2.89. The molecule has 0 fully saturated rings. The molecule has 0 aliphatic rings. The number of rotatable bonds is 3. The van der Waals surface area contributed by atoms with E-state index in [1.807, 2.05) is 41.2 Å². The summed E-state index contributed by atoms with van der Waals surface area (Å²) in [5.41, 5.74) is 7.54. The maximum atomic E-state index is 5.48. The molecule has 0 spiro atoms. The smallest absolute Gasteiger partial charge is 0.0787 e. The molecular formula is C11H12BrN3. The van der Waals surface area contributed by atoms with E-state index in [2.05, 4.69) is 21.0 Å². The molecule has 0 amide bonds. The van der Waals surface area contributed by atoms with E-state index in [9.17, 15) is 0 Å². The summed E-state index contributed by atoms with van der Waals surface area (Å²) in [5.74, 6) is 0. The molecule has 0 unspecified atom stereocenters. The second-order valence-corrected chi connectivity index (χ2v) is 4.10. The third-order valence-electron chi connectivity index (χ3n) is 2.14. The summed E-state index contributed by atoms with van der Waals surface area (Å²) in [5, 5.41) is 4.44. The number of halogens is 1. The molecule has 0 radical (unpaired) electrons. The molecule has 2 N–H and O–H groups in total. The molecule has 1 aromatic carbocycles. The minimum absolute atomic E-state index is 0.632. The molecular weight excluding hydrogens is 254 g/mol. The van der Waals surface area contributed by atoms with Gasteiger partial charge >= 0.3 is 0 Å². The van der Waals surface area contributed by atoms with E-state index < -0.39 is 0 Å². The predicted molar refractivity (Wildman–Crippen MR) is 64.0 cm³/mol. The number of benzene rings is 1. The van der Waals surface area contributed by atoms with Crippen molar-refractivity contribution in [2.45, 2.75) is 6.42 Å². The van der Waals surface area contributed by atoms with Crippen LogP contribution in [0.2, 0.25) is 0 Å². The lowest BCUT2D eigenvalue weighted by molar-refractivity contribution is 0.819. The van der Waals surface area contributed by atoms with Gasteiger partial charge in [0.1, 0.15) is 0 Å². The van der Waals surface area contributed by atoms with Gasteiger partial charge in [-0.05, 0) is 40.7 Å². The molecule has 3 nitrogen and oxygen atoms in total. The number of hydrogen-bond donors (Lipinski definition) is 1. The van der Waals surface area contributed by atoms with E-state index in [4.69, 9.17) is 5.73 Å². The van der Waals surface area contributed by atoms with Crippen LogP contribution in [0.1, 0.15) is 5.69 Å². The van der Waals surface area contributed by atoms with Crippen molar-refractivity contribution in [1.82, 2.24) is 9.78 Å². The lowest BCUT2D eigenvalue weighted by Crippen LogP contribution is -2.04. The monoisotopic (exact) mass is 265 g/mol. The lowest BCUT2D eigenvalue weighted by Gasteiger charge is -2.03. The Morgan fingerprint density at radius 3 is 2.80 bits per heavy atom. The Bertz CT molecular complexity index is 451. The highest BCUT2D eigenvalue weighted by Crippen LogP contribution is 2.19. The molecule has 15 heavy (non-hydrogen) atoms. The van der Waals surface area contributed by atoms with Crippen LogP contribution in [0.25, 0.3) is 5.69 Å². The van der Waals surface area contributed by atoms with Gasteiger partial charge in [0.2, 0.25) is 0 Å². The molecule has 0 saturated heterocycles. The third kappa shape index (κ3) is 2.27. The number of aromatic nitrogens is 2. The van der Waals surface area contributed by atoms with Crippen molar-refractivity contribution < 1.29 is 0 Å². The highest BCUT2D eigenvalue weighted by atomic mass is 79.9. The van der Waals surface area contributed by atoms with Gasteiger partial charge in [0.05, 0.1) is 11.4 Å². The summed E-state index contributed by atoms with van der Waals surface area (Å²) in [6.07, 6.45) is 2.77. The topological polar surface area (TPSA) is 43.8 Å². The predicted octanol–water partition coefficient (Wildman–Crippen LogP) is 2.14. The van der Waals surface area contributed by atoms with Crippen molar-refractivity contribution in [2.24, 2.45) is 5.73 Å². The van der Waals surface area contributed by atoms with E-state index in [1.54, 1.807) is 0 Å². The fourth-order valence-corrected chi connectivity index (χ4v) is 1.88. The molecule has 78 valence electrons. The zero-order valence-corrected chi connectivity index (χ0v) is 9.81. The zero-order valence-electron chi connectivity index (χ0n) is 8.23. The lowest BCUT2D eigenvalue weighted by atomic mass is 10.3. The Morgan fingerprint density at radius 2 is 2.07 bits per heavy atom. The van der Waals surface area contributed by atoms with E-state index >= 15 is 0 Å². The van der Waals surface area contributed by atoms with Gasteiger partial charge in [-0.25, -0.2) is 4.68 Å². The average molecular weight is 266 g/mol. The first-order valence-corrected chi connectivity index (χ1v) is 5.60. The molecule has 0 bridgehead atoms. The molecule has 2 aromatic rings. The van der Waals surface area contributed by atoms with Gasteiger partial charge in [0.25, 0.3) is 0 Å². The minimum Gasteiger partial charge on any atom is -0.330 e. The SMILES string of the molecule is NCCc1ccn(-c2ccccc2Br)n1. The standard InChI is InChI=1S/C11H12BrN3/c12-10-3-1-2-4-11(10)15-8-6-9(14-15)5-7-13/h1-4,6,8H,5,7,13H2. The van der Waals surface area contributed by atoms with Crippen molar-refractivity contribution in [3.05, 3.63) is 46.7 Å². The normalized spacial score (nSPS) is 10.5. The molecule has 4 heteroatoms. The Kier molecular flexibility index (Phi) is 3.18. The van der Waals surface area contributed by atoms with Crippen LogP contribution in [-0.4, -0.2) is 16.3 Å². The summed E-state index contributed by atoms with van der Waals surface area (Å²) in [7, 11) is 0. The van der Waals surface area contributed by atoms with E-state index in [1.165, 1.54) is 0 Å². The molecule has 0 saturated carbocycles. The first kappa shape index (κ1) is 10.4. The largest absolute Gasteiger partial charge is 0.330 e. The van der Waals surface area contributed by atoms with Crippen LogP contribution < -0.4 is 5.73 Å². The van der Waals surface area contributed by atoms with Gasteiger partial charge in [0, 0.05) is 17.1 Å². The first-order chi connectivity index (χ1) is 7.31. The summed E-state index contributed by atoms with van der Waals surface area (Å²) in [6.45, 7) is 0.632. The highest BCUT2D eigenvalue weighted by Gasteiger charge is 2.03. The first-order valence-electron chi connectivity index (χ1n) is 4.81. The van der Waals surface area contributed by atoms with E-state index in [-0.39, 0.29) is 0 Å². The van der Waals surface area contributed by atoms with Gasteiger partial charge in [-0.3, -0.25) is 0 Å². The van der Waals surface area contributed by atoms with Gasteiger partial charge < -0.3 is 5.73 Å². The summed E-state index contributed by atoms with van der Waals surface area (Å²) in [4.78, 5) is 0. The molecule has 2 rings (SSSR count). The fraction of sp³-hybridized carbons (Fsp3) is 0.182. The van der Waals surface area contributed by atoms with Gasteiger partial charge in [0.15, 0.2) is 0 Å². The van der Waals surface area contributed by atoms with Gasteiger partial charge in [-0.2, -0.15) is 5.10 Å². The number of nitrogens with zero attached hydrogens (tertiary/aromatic N) is 2. The Labute approximate surface area is 97.0 Å². The molecule has 1 aromatic heterocycles. The second kappa shape index (κ2) is 4.59. The van der Waals surface area contributed by atoms with Crippen LogP contribution in [-0.2, 0) is 6.42 Å². The molecule has 0 atom stereocenters. The summed E-state index contributed by atoms with van der Waals surface area (Å²) >= 11 is 3.50. The van der Waals surface area contributed by atoms with Crippen molar-refractivity contribution in [1.29, 1.82) is 0 Å². The third-order valence-corrected chi connectivity index (χ3v) is 2.81. The second-order valence-electron chi connectivity index (χ2n) is 3.24.